The van der Waals surface area contributed by atoms with Crippen LogP contribution < -0.4 is 5.73 Å². The number of hydrogen-bond acceptors (Lipinski definition) is 3. The maximum absolute atomic E-state index is 9.19. The molecule has 2 atom stereocenters. The van der Waals surface area contributed by atoms with Crippen molar-refractivity contribution in [1.29, 1.82) is 5.26 Å². The Morgan fingerprint density at radius 3 is 2.72 bits per heavy atom. The Kier molecular flexibility index (Phi) is 3.70. The molecule has 3 heteroatoms. The average Bonchev–Trinajstić information content (AvgIpc) is 2.74. The third kappa shape index (κ3) is 2.27. The molecule has 0 saturated carbocycles. The third-order valence-electron chi connectivity index (χ3n) is 4.16. The van der Waals surface area contributed by atoms with Crippen LogP contribution in [0.1, 0.15) is 34.7 Å². The molecule has 0 aliphatic carbocycles. The summed E-state index contributed by atoms with van der Waals surface area (Å²) in [6.45, 7) is 5.89. The highest BCUT2D eigenvalue weighted by atomic mass is 15.2. The summed E-state index contributed by atoms with van der Waals surface area (Å²) in [5.74, 6) is 0.576. The van der Waals surface area contributed by atoms with E-state index in [0.29, 0.717) is 12.0 Å². The summed E-state index contributed by atoms with van der Waals surface area (Å²) in [4.78, 5) is 2.35. The molecule has 1 saturated heterocycles. The molecule has 1 aliphatic heterocycles. The fourth-order valence-corrected chi connectivity index (χ4v) is 2.86. The van der Waals surface area contributed by atoms with E-state index in [1.165, 1.54) is 11.1 Å². The van der Waals surface area contributed by atoms with Crippen LogP contribution in [0.25, 0.3) is 0 Å². The van der Waals surface area contributed by atoms with Crippen molar-refractivity contribution < 1.29 is 0 Å². The first-order valence-corrected chi connectivity index (χ1v) is 6.48. The van der Waals surface area contributed by atoms with Crippen LogP contribution in [0.2, 0.25) is 0 Å². The fourth-order valence-electron chi connectivity index (χ4n) is 2.86. The summed E-state index contributed by atoms with van der Waals surface area (Å²) >= 11 is 0. The quantitative estimate of drug-likeness (QED) is 0.865. The van der Waals surface area contributed by atoms with E-state index in [4.69, 9.17) is 5.73 Å². The normalized spacial score (nSPS) is 24.2. The first-order chi connectivity index (χ1) is 8.56. The van der Waals surface area contributed by atoms with Crippen LogP contribution in [0, 0.1) is 31.1 Å². The smallest absolute Gasteiger partial charge is 0.0994 e. The zero-order valence-electron chi connectivity index (χ0n) is 11.4. The molecule has 2 rings (SSSR count). The Morgan fingerprint density at radius 2 is 2.17 bits per heavy atom. The third-order valence-corrected chi connectivity index (χ3v) is 4.16. The summed E-state index contributed by atoms with van der Waals surface area (Å²) in [7, 11) is 2.14. The van der Waals surface area contributed by atoms with Gasteiger partial charge in [0.1, 0.15) is 0 Å². The molecule has 0 bridgehead atoms. The minimum Gasteiger partial charge on any atom is -0.330 e. The molecule has 2 unspecified atom stereocenters. The Bertz CT molecular complexity index is 487. The summed E-state index contributed by atoms with van der Waals surface area (Å²) in [6, 6.07) is 6.97. The van der Waals surface area contributed by atoms with Gasteiger partial charge in [-0.15, -0.1) is 0 Å². The maximum atomic E-state index is 9.19. The molecule has 1 heterocycles. The highest BCUT2D eigenvalue weighted by Crippen LogP contribution is 2.35. The van der Waals surface area contributed by atoms with Gasteiger partial charge >= 0.3 is 0 Å². The first kappa shape index (κ1) is 13.1. The largest absolute Gasteiger partial charge is 0.330 e. The minimum absolute atomic E-state index is 0.407. The van der Waals surface area contributed by atoms with E-state index in [-0.39, 0.29) is 0 Å². The van der Waals surface area contributed by atoms with Crippen LogP contribution >= 0.6 is 0 Å². The van der Waals surface area contributed by atoms with Crippen molar-refractivity contribution >= 4 is 0 Å². The zero-order chi connectivity index (χ0) is 13.3. The van der Waals surface area contributed by atoms with Gasteiger partial charge in [-0.2, -0.15) is 5.26 Å². The molecule has 0 spiro atoms. The van der Waals surface area contributed by atoms with Crippen LogP contribution in [-0.4, -0.2) is 25.0 Å². The number of likely N-dealkylation sites (tertiary alicyclic amines) is 1. The molecular formula is C15H21N3. The van der Waals surface area contributed by atoms with Crippen LogP contribution in [0.5, 0.6) is 0 Å². The lowest BCUT2D eigenvalue weighted by Gasteiger charge is -2.21. The van der Waals surface area contributed by atoms with Crippen molar-refractivity contribution in [2.75, 3.05) is 20.1 Å². The van der Waals surface area contributed by atoms with E-state index in [0.717, 1.165) is 30.6 Å². The number of benzene rings is 1. The molecule has 3 nitrogen and oxygen atoms in total. The molecular weight excluding hydrogens is 222 g/mol. The lowest BCUT2D eigenvalue weighted by atomic mass is 9.94. The van der Waals surface area contributed by atoms with Gasteiger partial charge in [0.15, 0.2) is 0 Å². The monoisotopic (exact) mass is 243 g/mol. The molecule has 1 aromatic rings. The number of nitriles is 1. The van der Waals surface area contributed by atoms with E-state index in [1.54, 1.807) is 0 Å². The number of nitrogens with two attached hydrogens (primary N) is 1. The summed E-state index contributed by atoms with van der Waals surface area (Å²) in [5.41, 5.74) is 10.1. The van der Waals surface area contributed by atoms with Gasteiger partial charge in [-0.1, -0.05) is 6.07 Å². The van der Waals surface area contributed by atoms with Crippen molar-refractivity contribution in [2.24, 2.45) is 11.7 Å². The van der Waals surface area contributed by atoms with E-state index < -0.39 is 0 Å². The molecule has 1 aliphatic rings. The summed E-state index contributed by atoms with van der Waals surface area (Å²) in [5, 5.41) is 9.19. The van der Waals surface area contributed by atoms with E-state index in [9.17, 15) is 5.26 Å². The lowest BCUT2D eigenvalue weighted by molar-refractivity contribution is 0.313. The predicted molar refractivity (Wildman–Crippen MR) is 73.2 cm³/mol. The van der Waals surface area contributed by atoms with Gasteiger partial charge in [0.25, 0.3) is 0 Å². The summed E-state index contributed by atoms with van der Waals surface area (Å²) in [6.07, 6.45) is 1.10. The highest BCUT2D eigenvalue weighted by Gasteiger charge is 2.30. The van der Waals surface area contributed by atoms with Gasteiger partial charge in [0.2, 0.25) is 0 Å². The second-order valence-corrected chi connectivity index (χ2v) is 5.41. The predicted octanol–water partition coefficient (Wildman–Crippen LogP) is 2.13. The number of hydrogen-bond donors (Lipinski definition) is 1. The lowest BCUT2D eigenvalue weighted by Crippen LogP contribution is -2.20. The standard InChI is InChI=1S/C15H21N3/c1-10-4-13(6-14(8-17)11(10)2)15-5-12(7-16)9-18(15)3/h4,6,12,15H,5,7,9,16H2,1-3H3. The van der Waals surface area contributed by atoms with Crippen LogP contribution in [0.3, 0.4) is 0 Å². The van der Waals surface area contributed by atoms with E-state index in [2.05, 4.69) is 31.0 Å². The topological polar surface area (TPSA) is 53.0 Å². The zero-order valence-corrected chi connectivity index (χ0v) is 11.4. The van der Waals surface area contributed by atoms with Gasteiger partial charge in [0, 0.05) is 12.6 Å². The minimum atomic E-state index is 0.407. The summed E-state index contributed by atoms with van der Waals surface area (Å²) < 4.78 is 0. The van der Waals surface area contributed by atoms with Crippen molar-refractivity contribution in [3.05, 3.63) is 34.4 Å². The average molecular weight is 243 g/mol. The van der Waals surface area contributed by atoms with Crippen LogP contribution in [0.4, 0.5) is 0 Å². The molecule has 0 radical (unpaired) electrons. The Labute approximate surface area is 109 Å². The van der Waals surface area contributed by atoms with E-state index >= 15 is 0 Å². The number of aryl methyl sites for hydroxylation is 1. The molecule has 1 aromatic carbocycles. The molecule has 0 aromatic heterocycles. The fraction of sp³-hybridized carbons (Fsp3) is 0.533. The first-order valence-electron chi connectivity index (χ1n) is 6.48. The number of nitrogens with zero attached hydrogens (tertiary/aromatic N) is 2. The van der Waals surface area contributed by atoms with Crippen molar-refractivity contribution in [2.45, 2.75) is 26.3 Å². The molecule has 0 amide bonds. The highest BCUT2D eigenvalue weighted by molar-refractivity contribution is 5.45. The SMILES string of the molecule is Cc1cc(C2CC(CN)CN2C)cc(C#N)c1C. The van der Waals surface area contributed by atoms with Gasteiger partial charge < -0.3 is 5.73 Å². The Balaban J connectivity index is 2.35. The van der Waals surface area contributed by atoms with Crippen molar-refractivity contribution in [3.63, 3.8) is 0 Å². The maximum Gasteiger partial charge on any atom is 0.0994 e. The number of rotatable bonds is 2. The molecule has 96 valence electrons. The van der Waals surface area contributed by atoms with Gasteiger partial charge in [-0.05, 0) is 62.5 Å². The van der Waals surface area contributed by atoms with Crippen molar-refractivity contribution in [1.82, 2.24) is 4.90 Å². The van der Waals surface area contributed by atoms with Gasteiger partial charge in [0.05, 0.1) is 11.6 Å². The van der Waals surface area contributed by atoms with Gasteiger partial charge in [-0.25, -0.2) is 0 Å². The van der Waals surface area contributed by atoms with E-state index in [1.807, 2.05) is 13.0 Å². The molecule has 2 N–H and O–H groups in total. The van der Waals surface area contributed by atoms with Gasteiger partial charge in [-0.3, -0.25) is 4.90 Å². The van der Waals surface area contributed by atoms with Crippen molar-refractivity contribution in [3.8, 4) is 6.07 Å². The molecule has 1 fully saturated rings. The Morgan fingerprint density at radius 1 is 1.44 bits per heavy atom. The van der Waals surface area contributed by atoms with Crippen LogP contribution in [-0.2, 0) is 0 Å². The Hall–Kier alpha value is -1.37. The van der Waals surface area contributed by atoms with Crippen LogP contribution in [0.15, 0.2) is 12.1 Å². The second kappa shape index (κ2) is 5.09. The second-order valence-electron chi connectivity index (χ2n) is 5.41. The molecule has 18 heavy (non-hydrogen) atoms.